The quantitative estimate of drug-likeness (QED) is 0.747. The van der Waals surface area contributed by atoms with Gasteiger partial charge in [0.15, 0.2) is 0 Å². The van der Waals surface area contributed by atoms with Crippen molar-refractivity contribution < 1.29 is 9.53 Å². The molecule has 0 saturated carbocycles. The first kappa shape index (κ1) is 16.9. The molecule has 2 rings (SSSR count). The van der Waals surface area contributed by atoms with E-state index >= 15 is 0 Å². The first-order chi connectivity index (χ1) is 10.6. The van der Waals surface area contributed by atoms with Crippen LogP contribution in [0.4, 0.5) is 0 Å². The number of nitrogens with zero attached hydrogens (tertiary/aromatic N) is 3. The van der Waals surface area contributed by atoms with E-state index in [2.05, 4.69) is 33.9 Å². The largest absolute Gasteiger partial charge is 0.466 e. The fourth-order valence-corrected chi connectivity index (χ4v) is 3.02. The molecule has 1 aromatic rings. The first-order valence-corrected chi connectivity index (χ1v) is 8.45. The Morgan fingerprint density at radius 3 is 2.95 bits per heavy atom. The molecule has 1 aromatic heterocycles. The summed E-state index contributed by atoms with van der Waals surface area (Å²) in [7, 11) is 0. The van der Waals surface area contributed by atoms with Crippen LogP contribution in [-0.2, 0) is 22.5 Å². The summed E-state index contributed by atoms with van der Waals surface area (Å²) in [6.45, 7) is 7.61. The van der Waals surface area contributed by atoms with Gasteiger partial charge in [0.2, 0.25) is 0 Å². The molecule has 124 valence electrons. The molecule has 0 aliphatic carbocycles. The van der Waals surface area contributed by atoms with Crippen molar-refractivity contribution in [3.05, 3.63) is 11.6 Å². The van der Waals surface area contributed by atoms with Gasteiger partial charge in [-0.2, -0.15) is 0 Å². The van der Waals surface area contributed by atoms with E-state index in [1.165, 1.54) is 12.8 Å². The van der Waals surface area contributed by atoms with E-state index < -0.39 is 0 Å². The van der Waals surface area contributed by atoms with E-state index in [1.54, 1.807) is 0 Å². The van der Waals surface area contributed by atoms with Gasteiger partial charge in [-0.25, -0.2) is 0 Å². The van der Waals surface area contributed by atoms with Gasteiger partial charge in [-0.3, -0.25) is 4.79 Å². The average Bonchev–Trinajstić information content (AvgIpc) is 2.91. The van der Waals surface area contributed by atoms with E-state index in [0.29, 0.717) is 19.1 Å². The average molecular weight is 308 g/mol. The summed E-state index contributed by atoms with van der Waals surface area (Å²) in [6.07, 6.45) is 5.75. The minimum absolute atomic E-state index is 0.103. The molecular weight excluding hydrogens is 280 g/mol. The van der Waals surface area contributed by atoms with E-state index in [4.69, 9.17) is 4.74 Å². The van der Waals surface area contributed by atoms with Crippen LogP contribution >= 0.6 is 0 Å². The Bertz CT molecular complexity index is 486. The highest BCUT2D eigenvalue weighted by molar-refractivity contribution is 5.69. The summed E-state index contributed by atoms with van der Waals surface area (Å²) in [6, 6.07) is 0.512. The molecule has 1 N–H and O–H groups in total. The molecule has 0 amide bonds. The topological polar surface area (TPSA) is 69.0 Å². The Morgan fingerprint density at radius 2 is 2.18 bits per heavy atom. The van der Waals surface area contributed by atoms with Crippen molar-refractivity contribution in [3.8, 4) is 0 Å². The summed E-state index contributed by atoms with van der Waals surface area (Å²) in [4.78, 5) is 11.3. The number of carbonyl (C=O) groups excluding carboxylic acids is 1. The Kier molecular flexibility index (Phi) is 6.36. The van der Waals surface area contributed by atoms with Gasteiger partial charge in [0, 0.05) is 25.4 Å². The number of nitrogens with one attached hydrogen (secondary N) is 1. The highest BCUT2D eigenvalue weighted by Gasteiger charge is 2.20. The summed E-state index contributed by atoms with van der Waals surface area (Å²) in [5, 5.41) is 12.2. The van der Waals surface area contributed by atoms with Crippen LogP contribution < -0.4 is 5.32 Å². The lowest BCUT2D eigenvalue weighted by Crippen LogP contribution is -2.31. The molecule has 0 bridgehead atoms. The van der Waals surface area contributed by atoms with Crippen molar-refractivity contribution in [2.24, 2.45) is 0 Å². The van der Waals surface area contributed by atoms with Crippen molar-refractivity contribution in [3.63, 3.8) is 0 Å². The van der Waals surface area contributed by atoms with E-state index in [1.807, 2.05) is 6.92 Å². The number of aryl methyl sites for hydroxylation is 1. The van der Waals surface area contributed by atoms with Crippen LogP contribution in [0.15, 0.2) is 0 Å². The number of hydrogen-bond acceptors (Lipinski definition) is 5. The minimum Gasteiger partial charge on any atom is -0.466 e. The van der Waals surface area contributed by atoms with Gasteiger partial charge in [0.1, 0.15) is 11.6 Å². The lowest BCUT2D eigenvalue weighted by molar-refractivity contribution is -0.143. The number of ether oxygens (including phenoxy) is 1. The van der Waals surface area contributed by atoms with Crippen molar-refractivity contribution in [2.45, 2.75) is 77.9 Å². The van der Waals surface area contributed by atoms with Crippen LogP contribution in [-0.4, -0.2) is 33.4 Å². The zero-order valence-electron chi connectivity index (χ0n) is 14.0. The Labute approximate surface area is 132 Å². The van der Waals surface area contributed by atoms with Gasteiger partial charge in [-0.05, 0) is 46.5 Å². The molecular formula is C16H28N4O2. The fourth-order valence-electron chi connectivity index (χ4n) is 3.02. The highest BCUT2D eigenvalue weighted by Crippen LogP contribution is 2.19. The molecule has 0 spiro atoms. The molecule has 0 fully saturated rings. The standard InChI is InChI=1S/C16H28N4O2/c1-4-22-15(21)10-7-8-12(2)17-13(3)16-19-18-14-9-5-6-11-20(14)16/h12-13,17H,4-11H2,1-3H3/t12-,13+/m1/s1. The van der Waals surface area contributed by atoms with Gasteiger partial charge < -0.3 is 14.6 Å². The van der Waals surface area contributed by atoms with E-state index in [9.17, 15) is 4.79 Å². The smallest absolute Gasteiger partial charge is 0.305 e. The molecule has 6 heteroatoms. The molecule has 2 atom stereocenters. The maximum absolute atomic E-state index is 11.3. The molecule has 1 aliphatic heterocycles. The number of fused-ring (bicyclic) bond motifs is 1. The molecule has 1 aliphatic rings. The summed E-state index contributed by atoms with van der Waals surface area (Å²) in [5.41, 5.74) is 0. The zero-order chi connectivity index (χ0) is 15.9. The second-order valence-corrected chi connectivity index (χ2v) is 6.07. The van der Waals surface area contributed by atoms with Crippen LogP contribution in [0.1, 0.15) is 70.6 Å². The number of esters is 1. The van der Waals surface area contributed by atoms with Gasteiger partial charge in [0.05, 0.1) is 12.6 Å². The maximum atomic E-state index is 11.3. The summed E-state index contributed by atoms with van der Waals surface area (Å²) >= 11 is 0. The molecule has 2 heterocycles. The predicted octanol–water partition coefficient (Wildman–Crippen LogP) is 2.39. The number of hydrogen-bond donors (Lipinski definition) is 1. The maximum Gasteiger partial charge on any atom is 0.305 e. The zero-order valence-corrected chi connectivity index (χ0v) is 14.0. The SMILES string of the molecule is CCOC(=O)CCC[C@@H](C)N[C@@H](C)c1nnc2n1CCCC2. The van der Waals surface area contributed by atoms with Gasteiger partial charge in [-0.15, -0.1) is 10.2 Å². The molecule has 22 heavy (non-hydrogen) atoms. The van der Waals surface area contributed by atoms with Crippen LogP contribution in [0.25, 0.3) is 0 Å². The monoisotopic (exact) mass is 308 g/mol. The second kappa shape index (κ2) is 8.27. The molecule has 6 nitrogen and oxygen atoms in total. The first-order valence-electron chi connectivity index (χ1n) is 8.45. The number of carbonyl (C=O) groups is 1. The van der Waals surface area contributed by atoms with Crippen molar-refractivity contribution >= 4 is 5.97 Å². The normalized spacial score (nSPS) is 16.9. The molecule has 0 saturated heterocycles. The summed E-state index contributed by atoms with van der Waals surface area (Å²) in [5.74, 6) is 2.05. The van der Waals surface area contributed by atoms with Crippen LogP contribution in [0.3, 0.4) is 0 Å². The minimum atomic E-state index is -0.103. The highest BCUT2D eigenvalue weighted by atomic mass is 16.5. The van der Waals surface area contributed by atoms with Crippen molar-refractivity contribution in [2.75, 3.05) is 6.61 Å². The Hall–Kier alpha value is -1.43. The summed E-state index contributed by atoms with van der Waals surface area (Å²) < 4.78 is 7.20. The van der Waals surface area contributed by atoms with E-state index in [0.717, 1.165) is 37.5 Å². The molecule has 0 aromatic carbocycles. The lowest BCUT2D eigenvalue weighted by atomic mass is 10.1. The predicted molar refractivity (Wildman–Crippen MR) is 84.5 cm³/mol. The number of aromatic nitrogens is 3. The Balaban J connectivity index is 1.77. The van der Waals surface area contributed by atoms with Crippen molar-refractivity contribution in [1.82, 2.24) is 20.1 Å². The van der Waals surface area contributed by atoms with Gasteiger partial charge >= 0.3 is 5.97 Å². The Morgan fingerprint density at radius 1 is 1.36 bits per heavy atom. The third-order valence-corrected chi connectivity index (χ3v) is 4.13. The second-order valence-electron chi connectivity index (χ2n) is 6.07. The lowest BCUT2D eigenvalue weighted by Gasteiger charge is -2.22. The van der Waals surface area contributed by atoms with Gasteiger partial charge in [-0.1, -0.05) is 0 Å². The van der Waals surface area contributed by atoms with E-state index in [-0.39, 0.29) is 12.0 Å². The van der Waals surface area contributed by atoms with Crippen molar-refractivity contribution in [1.29, 1.82) is 0 Å². The third kappa shape index (κ3) is 4.53. The van der Waals surface area contributed by atoms with Crippen LogP contribution in [0.2, 0.25) is 0 Å². The van der Waals surface area contributed by atoms with Gasteiger partial charge in [0.25, 0.3) is 0 Å². The molecule has 0 unspecified atom stereocenters. The third-order valence-electron chi connectivity index (χ3n) is 4.13. The fraction of sp³-hybridized carbons (Fsp3) is 0.812. The molecule has 0 radical (unpaired) electrons. The van der Waals surface area contributed by atoms with Crippen LogP contribution in [0, 0.1) is 0 Å². The van der Waals surface area contributed by atoms with Crippen LogP contribution in [0.5, 0.6) is 0 Å². The number of rotatable bonds is 8.